The van der Waals surface area contributed by atoms with Gasteiger partial charge in [-0.3, -0.25) is 5.43 Å². The summed E-state index contributed by atoms with van der Waals surface area (Å²) in [4.78, 5) is 4.42. The van der Waals surface area contributed by atoms with Crippen molar-refractivity contribution in [1.29, 1.82) is 5.26 Å². The Balaban J connectivity index is 1.91. The number of nitriles is 1. The van der Waals surface area contributed by atoms with Crippen LogP contribution in [0.1, 0.15) is 5.01 Å². The van der Waals surface area contributed by atoms with Crippen LogP contribution in [-0.2, 0) is 0 Å². The van der Waals surface area contributed by atoms with E-state index in [0.29, 0.717) is 5.01 Å². The number of hydrazone groups is 1. The van der Waals surface area contributed by atoms with Crippen molar-refractivity contribution in [2.24, 2.45) is 5.10 Å². The average molecular weight is 278 g/mol. The highest BCUT2D eigenvalue weighted by Gasteiger charge is 2.09. The SMILES string of the molecule is N#C/C(=N\Nc1ccccc1)c1nc2ccccc2s1. The zero-order valence-corrected chi connectivity index (χ0v) is 11.3. The molecule has 0 bridgehead atoms. The lowest BCUT2D eigenvalue weighted by molar-refractivity contribution is 1.32. The van der Waals surface area contributed by atoms with E-state index in [1.54, 1.807) is 0 Å². The molecule has 0 unspecified atom stereocenters. The van der Waals surface area contributed by atoms with E-state index in [9.17, 15) is 5.26 Å². The topological polar surface area (TPSA) is 61.1 Å². The van der Waals surface area contributed by atoms with Gasteiger partial charge in [-0.1, -0.05) is 30.3 Å². The fourth-order valence-corrected chi connectivity index (χ4v) is 2.63. The number of nitrogens with one attached hydrogen (secondary N) is 1. The summed E-state index contributed by atoms with van der Waals surface area (Å²) in [6, 6.07) is 19.4. The summed E-state index contributed by atoms with van der Waals surface area (Å²) in [6.45, 7) is 0. The molecule has 5 heteroatoms. The number of benzene rings is 2. The van der Waals surface area contributed by atoms with Crippen LogP contribution < -0.4 is 5.43 Å². The summed E-state index contributed by atoms with van der Waals surface area (Å²) < 4.78 is 1.05. The Morgan fingerprint density at radius 1 is 1.10 bits per heavy atom. The van der Waals surface area contributed by atoms with Gasteiger partial charge in [-0.2, -0.15) is 10.4 Å². The van der Waals surface area contributed by atoms with E-state index < -0.39 is 0 Å². The number of hydrogen-bond acceptors (Lipinski definition) is 5. The molecule has 1 heterocycles. The Labute approximate surface area is 120 Å². The van der Waals surface area contributed by atoms with E-state index in [1.807, 2.05) is 54.6 Å². The van der Waals surface area contributed by atoms with E-state index in [1.165, 1.54) is 11.3 Å². The lowest BCUT2D eigenvalue weighted by Crippen LogP contribution is -2.00. The number of anilines is 1. The standard InChI is InChI=1S/C15H10N4S/c16-10-13(19-18-11-6-2-1-3-7-11)15-17-12-8-4-5-9-14(12)20-15/h1-9,18H/b19-13+. The zero-order chi connectivity index (χ0) is 13.8. The molecule has 96 valence electrons. The van der Waals surface area contributed by atoms with Gasteiger partial charge >= 0.3 is 0 Å². The molecule has 0 saturated carbocycles. The molecule has 0 aliphatic rings. The minimum absolute atomic E-state index is 0.287. The molecule has 0 amide bonds. The van der Waals surface area contributed by atoms with Gasteiger partial charge in [0.1, 0.15) is 6.07 Å². The minimum atomic E-state index is 0.287. The van der Waals surface area contributed by atoms with E-state index in [2.05, 4.69) is 21.6 Å². The first-order chi connectivity index (χ1) is 9.86. The second-order valence-electron chi connectivity index (χ2n) is 4.04. The molecule has 20 heavy (non-hydrogen) atoms. The maximum atomic E-state index is 9.23. The summed E-state index contributed by atoms with van der Waals surface area (Å²) in [7, 11) is 0. The van der Waals surface area contributed by atoms with E-state index in [4.69, 9.17) is 0 Å². The van der Waals surface area contributed by atoms with Crippen LogP contribution in [0.2, 0.25) is 0 Å². The van der Waals surface area contributed by atoms with Crippen LogP contribution in [0, 0.1) is 11.3 Å². The quantitative estimate of drug-likeness (QED) is 0.587. The summed E-state index contributed by atoms with van der Waals surface area (Å²) in [5.41, 5.74) is 4.88. The predicted molar refractivity (Wildman–Crippen MR) is 81.8 cm³/mol. The Morgan fingerprint density at radius 3 is 2.60 bits per heavy atom. The molecule has 4 nitrogen and oxygen atoms in total. The Hall–Kier alpha value is -2.71. The van der Waals surface area contributed by atoms with Gasteiger partial charge in [-0.05, 0) is 24.3 Å². The highest BCUT2D eigenvalue weighted by molar-refractivity contribution is 7.20. The van der Waals surface area contributed by atoms with Crippen molar-refractivity contribution in [3.63, 3.8) is 0 Å². The first-order valence-corrected chi connectivity index (χ1v) is 6.83. The number of thiazole rings is 1. The second-order valence-corrected chi connectivity index (χ2v) is 5.07. The van der Waals surface area contributed by atoms with Crippen LogP contribution in [-0.4, -0.2) is 10.7 Å². The molecule has 0 fully saturated rings. The lowest BCUT2D eigenvalue weighted by Gasteiger charge is -1.98. The number of para-hydroxylation sites is 2. The first kappa shape index (κ1) is 12.3. The minimum Gasteiger partial charge on any atom is -0.277 e. The number of aromatic nitrogens is 1. The molecule has 2 aromatic carbocycles. The Kier molecular flexibility index (Phi) is 3.40. The number of nitrogens with zero attached hydrogens (tertiary/aromatic N) is 3. The van der Waals surface area contributed by atoms with Gasteiger partial charge in [0.2, 0.25) is 0 Å². The molecule has 0 aliphatic heterocycles. The summed E-state index contributed by atoms with van der Waals surface area (Å²) >= 11 is 1.46. The lowest BCUT2D eigenvalue weighted by atomic mass is 10.3. The van der Waals surface area contributed by atoms with E-state index >= 15 is 0 Å². The van der Waals surface area contributed by atoms with Gasteiger partial charge in [0.25, 0.3) is 0 Å². The largest absolute Gasteiger partial charge is 0.277 e. The van der Waals surface area contributed by atoms with Crippen molar-refractivity contribution in [1.82, 2.24) is 4.98 Å². The van der Waals surface area contributed by atoms with Crippen LogP contribution in [0.5, 0.6) is 0 Å². The molecule has 0 saturated heterocycles. The maximum Gasteiger partial charge on any atom is 0.196 e. The van der Waals surface area contributed by atoms with Crippen LogP contribution in [0.3, 0.4) is 0 Å². The monoisotopic (exact) mass is 278 g/mol. The Morgan fingerprint density at radius 2 is 1.85 bits per heavy atom. The molecular weight excluding hydrogens is 268 g/mol. The molecule has 3 aromatic rings. The van der Waals surface area contributed by atoms with Gasteiger partial charge in [0.05, 0.1) is 15.9 Å². The van der Waals surface area contributed by atoms with Crippen LogP contribution in [0.15, 0.2) is 59.7 Å². The first-order valence-electron chi connectivity index (χ1n) is 6.01. The second kappa shape index (κ2) is 5.51. The number of hydrogen-bond donors (Lipinski definition) is 1. The van der Waals surface area contributed by atoms with Gasteiger partial charge < -0.3 is 0 Å². The highest BCUT2D eigenvalue weighted by Crippen LogP contribution is 2.22. The normalized spacial score (nSPS) is 11.2. The maximum absolute atomic E-state index is 9.23. The number of fused-ring (bicyclic) bond motifs is 1. The number of rotatable bonds is 3. The fourth-order valence-electron chi connectivity index (χ4n) is 1.73. The van der Waals surface area contributed by atoms with Crippen LogP contribution in [0.25, 0.3) is 10.2 Å². The smallest absolute Gasteiger partial charge is 0.196 e. The molecule has 1 aromatic heterocycles. The zero-order valence-electron chi connectivity index (χ0n) is 10.4. The molecule has 3 rings (SSSR count). The summed E-state index contributed by atoms with van der Waals surface area (Å²) in [6.07, 6.45) is 0. The van der Waals surface area contributed by atoms with E-state index in [0.717, 1.165) is 15.9 Å². The molecule has 0 radical (unpaired) electrons. The average Bonchev–Trinajstić information content (AvgIpc) is 2.92. The van der Waals surface area contributed by atoms with Crippen molar-refractivity contribution < 1.29 is 0 Å². The molecule has 0 spiro atoms. The van der Waals surface area contributed by atoms with Crippen molar-refractivity contribution in [3.8, 4) is 6.07 Å². The van der Waals surface area contributed by atoms with Crippen molar-refractivity contribution in [2.75, 3.05) is 5.43 Å². The summed E-state index contributed by atoms with van der Waals surface area (Å²) in [5.74, 6) is 0. The molecule has 0 atom stereocenters. The molecular formula is C15H10N4S. The predicted octanol–water partition coefficient (Wildman–Crippen LogP) is 3.64. The third-order valence-corrected chi connectivity index (χ3v) is 3.72. The van der Waals surface area contributed by atoms with Gasteiger partial charge in [-0.15, -0.1) is 11.3 Å². The highest BCUT2D eigenvalue weighted by atomic mass is 32.1. The third-order valence-electron chi connectivity index (χ3n) is 2.67. The van der Waals surface area contributed by atoms with Crippen LogP contribution in [0.4, 0.5) is 5.69 Å². The fraction of sp³-hybridized carbons (Fsp3) is 0. The van der Waals surface area contributed by atoms with Gasteiger partial charge in [0.15, 0.2) is 10.7 Å². The van der Waals surface area contributed by atoms with Crippen molar-refractivity contribution in [2.45, 2.75) is 0 Å². The van der Waals surface area contributed by atoms with Gasteiger partial charge in [0, 0.05) is 0 Å². The van der Waals surface area contributed by atoms with Crippen molar-refractivity contribution >= 4 is 33.0 Å². The van der Waals surface area contributed by atoms with Crippen molar-refractivity contribution in [3.05, 3.63) is 59.6 Å². The Bertz CT molecular complexity index is 766. The third kappa shape index (κ3) is 2.51. The van der Waals surface area contributed by atoms with Crippen LogP contribution >= 0.6 is 11.3 Å². The van der Waals surface area contributed by atoms with Gasteiger partial charge in [-0.25, -0.2) is 4.98 Å². The summed E-state index contributed by atoms with van der Waals surface area (Å²) in [5, 5.41) is 14.0. The molecule has 1 N–H and O–H groups in total. The molecule has 0 aliphatic carbocycles. The van der Waals surface area contributed by atoms with E-state index in [-0.39, 0.29) is 5.71 Å².